The first kappa shape index (κ1) is 30.9. The molecule has 2 aliphatic rings. The van der Waals surface area contributed by atoms with Gasteiger partial charge in [0, 0.05) is 74.8 Å². The highest BCUT2D eigenvalue weighted by Gasteiger charge is 2.27. The summed E-state index contributed by atoms with van der Waals surface area (Å²) in [6, 6.07) is 19.3. The number of piperidine rings is 1. The van der Waals surface area contributed by atoms with Crippen molar-refractivity contribution in [1.29, 1.82) is 0 Å². The van der Waals surface area contributed by atoms with Crippen molar-refractivity contribution in [2.45, 2.75) is 23.8 Å². The van der Waals surface area contributed by atoms with Crippen molar-refractivity contribution in [2.24, 2.45) is 0 Å². The third-order valence-corrected chi connectivity index (χ3v) is 9.90. The fraction of sp³-hybridized carbons (Fsp3) is 0.394. The number of anilines is 5. The van der Waals surface area contributed by atoms with Gasteiger partial charge in [0.1, 0.15) is 17.3 Å². The Morgan fingerprint density at radius 3 is 2.27 bits per heavy atom. The van der Waals surface area contributed by atoms with Gasteiger partial charge in [0.15, 0.2) is 9.84 Å². The van der Waals surface area contributed by atoms with Gasteiger partial charge in [-0.05, 0) is 56.3 Å². The molecule has 0 unspecified atom stereocenters. The molecule has 4 aromatic rings. The zero-order valence-electron chi connectivity index (χ0n) is 26.3. The molecular formula is C33H41N7O4S. The predicted molar refractivity (Wildman–Crippen MR) is 180 cm³/mol. The number of para-hydroxylation sites is 1. The number of fused-ring (bicyclic) bond motifs is 1. The topological polar surface area (TPSA) is 112 Å². The van der Waals surface area contributed by atoms with Crippen molar-refractivity contribution < 1.29 is 17.9 Å². The van der Waals surface area contributed by atoms with E-state index in [1.165, 1.54) is 19.4 Å². The summed E-state index contributed by atoms with van der Waals surface area (Å²) in [6.07, 6.45) is 3.48. The fourth-order valence-corrected chi connectivity index (χ4v) is 7.02. The van der Waals surface area contributed by atoms with Crippen LogP contribution in [0.5, 0.6) is 11.5 Å². The van der Waals surface area contributed by atoms with Crippen LogP contribution in [-0.4, -0.2) is 101 Å². The number of aromatic nitrogens is 2. The largest absolute Gasteiger partial charge is 0.497 e. The van der Waals surface area contributed by atoms with Crippen LogP contribution >= 0.6 is 0 Å². The fourth-order valence-electron chi connectivity index (χ4n) is 6.17. The Bertz CT molecular complexity index is 1770. The van der Waals surface area contributed by atoms with Crippen LogP contribution in [0.25, 0.3) is 10.9 Å². The first-order chi connectivity index (χ1) is 21.7. The molecular weight excluding hydrogens is 590 g/mol. The summed E-state index contributed by atoms with van der Waals surface area (Å²) >= 11 is 0. The first-order valence-corrected chi connectivity index (χ1v) is 17.2. The number of nitrogens with zero attached hydrogens (tertiary/aromatic N) is 5. The van der Waals surface area contributed by atoms with Crippen LogP contribution in [0, 0.1) is 0 Å². The van der Waals surface area contributed by atoms with E-state index in [1.54, 1.807) is 19.2 Å². The minimum Gasteiger partial charge on any atom is -0.497 e. The Hall–Kier alpha value is -4.13. The molecule has 3 heterocycles. The van der Waals surface area contributed by atoms with E-state index in [4.69, 9.17) is 19.4 Å². The average Bonchev–Trinajstić information content (AvgIpc) is 3.05. The Morgan fingerprint density at radius 1 is 0.822 bits per heavy atom. The molecule has 238 valence electrons. The van der Waals surface area contributed by atoms with E-state index in [0.29, 0.717) is 40.5 Å². The molecule has 2 N–H and O–H groups in total. The monoisotopic (exact) mass is 631 g/mol. The summed E-state index contributed by atoms with van der Waals surface area (Å²) in [5.41, 5.74) is 2.96. The van der Waals surface area contributed by atoms with E-state index >= 15 is 0 Å². The molecule has 0 spiro atoms. The molecule has 12 heteroatoms. The van der Waals surface area contributed by atoms with Gasteiger partial charge in [-0.15, -0.1) is 0 Å². The lowest BCUT2D eigenvalue weighted by molar-refractivity contribution is 0.0982. The van der Waals surface area contributed by atoms with Gasteiger partial charge < -0.3 is 29.9 Å². The quantitative estimate of drug-likeness (QED) is 0.267. The number of hydrogen-bond donors (Lipinski definition) is 2. The summed E-state index contributed by atoms with van der Waals surface area (Å²) < 4.78 is 36.3. The van der Waals surface area contributed by atoms with E-state index in [1.807, 2.05) is 30.3 Å². The molecule has 1 aromatic heterocycles. The minimum absolute atomic E-state index is 0.115. The summed E-state index contributed by atoms with van der Waals surface area (Å²) in [6.45, 7) is 6.62. The Balaban J connectivity index is 1.23. The Kier molecular flexibility index (Phi) is 8.97. The molecule has 0 aliphatic carbocycles. The number of sulfone groups is 1. The summed E-state index contributed by atoms with van der Waals surface area (Å²) in [5, 5.41) is 7.32. The summed E-state index contributed by atoms with van der Waals surface area (Å²) in [4.78, 5) is 17.1. The van der Waals surface area contributed by atoms with Crippen LogP contribution in [-0.2, 0) is 9.84 Å². The molecule has 11 nitrogen and oxygen atoms in total. The molecule has 0 amide bonds. The lowest BCUT2D eigenvalue weighted by Crippen LogP contribution is -2.52. The third kappa shape index (κ3) is 6.92. The van der Waals surface area contributed by atoms with Gasteiger partial charge in [0.25, 0.3) is 0 Å². The maximum Gasteiger partial charge on any atom is 0.229 e. The van der Waals surface area contributed by atoms with Gasteiger partial charge in [0.05, 0.1) is 36.0 Å². The maximum atomic E-state index is 12.6. The number of piperazine rings is 1. The molecule has 0 atom stereocenters. The molecule has 0 bridgehead atoms. The number of benzene rings is 3. The lowest BCUT2D eigenvalue weighted by atomic mass is 10.0. The van der Waals surface area contributed by atoms with Gasteiger partial charge in [0.2, 0.25) is 5.95 Å². The van der Waals surface area contributed by atoms with Gasteiger partial charge in [-0.3, -0.25) is 4.90 Å². The number of methoxy groups -OCH3 is 2. The van der Waals surface area contributed by atoms with Gasteiger partial charge in [-0.2, -0.15) is 4.98 Å². The molecule has 2 fully saturated rings. The Morgan fingerprint density at radius 2 is 1.56 bits per heavy atom. The standard InChI is InChI=1S/C33H41N7O4S/c1-38-17-19-40(20-18-38)23-13-15-39(16-14-23)24-9-11-28(30(21-24)44-3)36-33-35-27-8-6-5-7-26(27)32(37-33)34-29-12-10-25(43-2)22-31(29)45(4,41)42/h5-12,21-23H,13-20H2,1-4H3,(H2,34,35,36,37). The number of ether oxygens (including phenoxy) is 2. The predicted octanol–water partition coefficient (Wildman–Crippen LogP) is 4.75. The van der Waals surface area contributed by atoms with Crippen LogP contribution in [0.3, 0.4) is 0 Å². The van der Waals surface area contributed by atoms with Crippen molar-refractivity contribution in [3.8, 4) is 11.5 Å². The number of likely N-dealkylation sites (N-methyl/N-ethyl adjacent to an activating group) is 1. The minimum atomic E-state index is -3.56. The molecule has 6 rings (SSSR count). The second-order valence-electron chi connectivity index (χ2n) is 11.7. The molecule has 0 saturated carbocycles. The van der Waals surface area contributed by atoms with Crippen molar-refractivity contribution in [1.82, 2.24) is 19.8 Å². The Labute approximate surface area is 265 Å². The van der Waals surface area contributed by atoms with E-state index < -0.39 is 9.84 Å². The van der Waals surface area contributed by atoms with Crippen LogP contribution in [0.1, 0.15) is 12.8 Å². The van der Waals surface area contributed by atoms with Crippen molar-refractivity contribution in [3.05, 3.63) is 60.7 Å². The normalized spacial score (nSPS) is 16.9. The smallest absolute Gasteiger partial charge is 0.229 e. The highest BCUT2D eigenvalue weighted by atomic mass is 32.2. The van der Waals surface area contributed by atoms with Gasteiger partial charge in [-0.25, -0.2) is 13.4 Å². The lowest BCUT2D eigenvalue weighted by Gasteiger charge is -2.42. The van der Waals surface area contributed by atoms with Crippen LogP contribution in [0.2, 0.25) is 0 Å². The summed E-state index contributed by atoms with van der Waals surface area (Å²) in [7, 11) is 1.81. The first-order valence-electron chi connectivity index (χ1n) is 15.3. The van der Waals surface area contributed by atoms with E-state index in [9.17, 15) is 8.42 Å². The SMILES string of the molecule is COc1ccc(Nc2nc(Nc3ccc(N4CCC(N5CCN(C)CC5)CC4)cc3OC)nc3ccccc23)c(S(C)(=O)=O)c1. The van der Waals surface area contributed by atoms with Gasteiger partial charge >= 0.3 is 0 Å². The van der Waals surface area contributed by atoms with Crippen LogP contribution in [0.15, 0.2) is 65.6 Å². The second kappa shape index (κ2) is 13.1. The zero-order valence-corrected chi connectivity index (χ0v) is 27.1. The molecule has 2 saturated heterocycles. The molecule has 45 heavy (non-hydrogen) atoms. The third-order valence-electron chi connectivity index (χ3n) is 8.76. The van der Waals surface area contributed by atoms with Crippen LogP contribution in [0.4, 0.5) is 28.8 Å². The van der Waals surface area contributed by atoms with E-state index in [0.717, 1.165) is 68.9 Å². The highest BCUT2D eigenvalue weighted by molar-refractivity contribution is 7.90. The van der Waals surface area contributed by atoms with Crippen molar-refractivity contribution >= 4 is 49.6 Å². The van der Waals surface area contributed by atoms with Crippen molar-refractivity contribution in [2.75, 3.05) is 82.3 Å². The van der Waals surface area contributed by atoms with E-state index in [-0.39, 0.29) is 4.90 Å². The number of nitrogens with one attached hydrogen (secondary N) is 2. The average molecular weight is 632 g/mol. The maximum absolute atomic E-state index is 12.6. The zero-order chi connectivity index (χ0) is 31.6. The van der Waals surface area contributed by atoms with Gasteiger partial charge in [-0.1, -0.05) is 12.1 Å². The summed E-state index contributed by atoms with van der Waals surface area (Å²) in [5.74, 6) is 1.96. The van der Waals surface area contributed by atoms with Crippen molar-refractivity contribution in [3.63, 3.8) is 0 Å². The van der Waals surface area contributed by atoms with E-state index in [2.05, 4.69) is 44.5 Å². The second-order valence-corrected chi connectivity index (χ2v) is 13.7. The number of rotatable bonds is 9. The molecule has 0 radical (unpaired) electrons. The highest BCUT2D eigenvalue weighted by Crippen LogP contribution is 2.35. The molecule has 2 aliphatic heterocycles. The van der Waals surface area contributed by atoms with Crippen LogP contribution < -0.4 is 25.0 Å². The number of hydrogen-bond acceptors (Lipinski definition) is 11. The molecule has 3 aromatic carbocycles.